The van der Waals surface area contributed by atoms with Gasteiger partial charge in [0.2, 0.25) is 0 Å². The van der Waals surface area contributed by atoms with E-state index in [9.17, 15) is 0 Å². The molecule has 1 aliphatic carbocycles. The molecule has 0 bridgehead atoms. The Kier molecular flexibility index (Phi) is 4.50. The van der Waals surface area contributed by atoms with Gasteiger partial charge >= 0.3 is 0 Å². The lowest BCUT2D eigenvalue weighted by molar-refractivity contribution is 0.318. The molecule has 0 spiro atoms. The first-order valence-corrected chi connectivity index (χ1v) is 9.05. The number of fused-ring (bicyclic) bond motifs is 1. The molecule has 2 heterocycles. The number of anilines is 1. The standard InChI is InChI=1S/C16H26N4S/c1-3-13(17)10-14-15(18-16-20(14)8-9-21-16)19(4-2)11-12-6-5-7-12/h8-9,12-13H,3-7,10-11,17H2,1-2H3. The van der Waals surface area contributed by atoms with Gasteiger partial charge in [0.15, 0.2) is 10.8 Å². The second kappa shape index (κ2) is 6.36. The quantitative estimate of drug-likeness (QED) is 0.853. The predicted octanol–water partition coefficient (Wildman–Crippen LogP) is 3.30. The van der Waals surface area contributed by atoms with Crippen molar-refractivity contribution in [2.24, 2.45) is 11.7 Å². The van der Waals surface area contributed by atoms with Crippen molar-refractivity contribution >= 4 is 22.1 Å². The van der Waals surface area contributed by atoms with Gasteiger partial charge in [-0.2, -0.15) is 0 Å². The molecule has 0 saturated heterocycles. The lowest BCUT2D eigenvalue weighted by Gasteiger charge is -2.32. The van der Waals surface area contributed by atoms with Gasteiger partial charge in [-0.1, -0.05) is 13.3 Å². The average molecular weight is 306 g/mol. The number of nitrogens with two attached hydrogens (primary N) is 1. The van der Waals surface area contributed by atoms with Gasteiger partial charge in [0.25, 0.3) is 0 Å². The number of imidazole rings is 1. The van der Waals surface area contributed by atoms with E-state index in [0.717, 1.165) is 36.8 Å². The fourth-order valence-corrected chi connectivity index (χ4v) is 3.74. The molecule has 1 unspecified atom stereocenters. The molecule has 1 atom stereocenters. The summed E-state index contributed by atoms with van der Waals surface area (Å²) < 4.78 is 2.24. The highest BCUT2D eigenvalue weighted by atomic mass is 32.1. The van der Waals surface area contributed by atoms with Crippen molar-refractivity contribution in [2.75, 3.05) is 18.0 Å². The van der Waals surface area contributed by atoms with Crippen LogP contribution >= 0.6 is 11.3 Å². The molecular formula is C16H26N4S. The fourth-order valence-electron chi connectivity index (χ4n) is 3.01. The van der Waals surface area contributed by atoms with Crippen molar-refractivity contribution in [1.29, 1.82) is 0 Å². The Morgan fingerprint density at radius 2 is 2.29 bits per heavy atom. The minimum atomic E-state index is 0.214. The molecule has 116 valence electrons. The van der Waals surface area contributed by atoms with E-state index in [1.165, 1.54) is 30.8 Å². The van der Waals surface area contributed by atoms with Crippen molar-refractivity contribution in [1.82, 2.24) is 9.38 Å². The minimum Gasteiger partial charge on any atom is -0.355 e. The Bertz CT molecular complexity index is 584. The summed E-state index contributed by atoms with van der Waals surface area (Å²) in [6, 6.07) is 0.214. The van der Waals surface area contributed by atoms with Crippen LogP contribution in [0.5, 0.6) is 0 Å². The summed E-state index contributed by atoms with van der Waals surface area (Å²) in [6.07, 6.45) is 8.20. The Hall–Kier alpha value is -1.07. The van der Waals surface area contributed by atoms with Crippen LogP contribution in [-0.2, 0) is 6.42 Å². The molecule has 2 aromatic heterocycles. The smallest absolute Gasteiger partial charge is 0.195 e. The Balaban J connectivity index is 1.90. The highest BCUT2D eigenvalue weighted by Gasteiger charge is 2.24. The Labute approximate surface area is 131 Å². The normalized spacial score (nSPS) is 17.1. The van der Waals surface area contributed by atoms with E-state index in [-0.39, 0.29) is 6.04 Å². The van der Waals surface area contributed by atoms with Crippen LogP contribution < -0.4 is 10.6 Å². The first-order valence-electron chi connectivity index (χ1n) is 8.17. The summed E-state index contributed by atoms with van der Waals surface area (Å²) in [6.45, 7) is 6.56. The average Bonchev–Trinajstić information content (AvgIpc) is 3.01. The van der Waals surface area contributed by atoms with Crippen LogP contribution in [0.2, 0.25) is 0 Å². The zero-order chi connectivity index (χ0) is 14.8. The number of thiazole rings is 1. The maximum absolute atomic E-state index is 6.22. The minimum absolute atomic E-state index is 0.214. The molecule has 1 fully saturated rings. The van der Waals surface area contributed by atoms with Gasteiger partial charge in [-0.15, -0.1) is 11.3 Å². The van der Waals surface area contributed by atoms with Crippen molar-refractivity contribution < 1.29 is 0 Å². The van der Waals surface area contributed by atoms with Crippen LogP contribution in [-0.4, -0.2) is 28.5 Å². The first kappa shape index (κ1) is 14.9. The highest BCUT2D eigenvalue weighted by Crippen LogP contribution is 2.31. The molecule has 3 rings (SSSR count). The molecule has 2 N–H and O–H groups in total. The first-order chi connectivity index (χ1) is 10.2. The largest absolute Gasteiger partial charge is 0.355 e. The van der Waals surface area contributed by atoms with Gasteiger partial charge in [0, 0.05) is 37.1 Å². The summed E-state index contributed by atoms with van der Waals surface area (Å²) in [4.78, 5) is 8.45. The second-order valence-corrected chi connectivity index (χ2v) is 7.02. The molecule has 5 heteroatoms. The number of hydrogen-bond acceptors (Lipinski definition) is 4. The van der Waals surface area contributed by atoms with E-state index in [0.29, 0.717) is 0 Å². The van der Waals surface area contributed by atoms with Gasteiger partial charge in [-0.05, 0) is 32.1 Å². The Morgan fingerprint density at radius 1 is 1.48 bits per heavy atom. The maximum atomic E-state index is 6.22. The van der Waals surface area contributed by atoms with Crippen molar-refractivity contribution in [3.8, 4) is 0 Å². The van der Waals surface area contributed by atoms with Gasteiger partial charge in [0.05, 0.1) is 5.69 Å². The highest BCUT2D eigenvalue weighted by molar-refractivity contribution is 7.15. The van der Waals surface area contributed by atoms with Gasteiger partial charge in [-0.3, -0.25) is 4.40 Å². The molecule has 2 aromatic rings. The summed E-state index contributed by atoms with van der Waals surface area (Å²) in [5.74, 6) is 2.03. The molecule has 21 heavy (non-hydrogen) atoms. The van der Waals surface area contributed by atoms with Crippen molar-refractivity contribution in [3.05, 3.63) is 17.3 Å². The lowest BCUT2D eigenvalue weighted by atomic mass is 9.85. The SMILES string of the molecule is CCC(N)Cc1c(N(CC)CC2CCC2)nc2sccn12. The molecule has 0 amide bonds. The third-order valence-electron chi connectivity index (χ3n) is 4.70. The third kappa shape index (κ3) is 2.94. The maximum Gasteiger partial charge on any atom is 0.195 e. The van der Waals surface area contributed by atoms with Crippen LogP contribution in [0.4, 0.5) is 5.82 Å². The molecule has 4 nitrogen and oxygen atoms in total. The van der Waals surface area contributed by atoms with E-state index in [4.69, 9.17) is 10.7 Å². The van der Waals surface area contributed by atoms with Gasteiger partial charge < -0.3 is 10.6 Å². The van der Waals surface area contributed by atoms with E-state index >= 15 is 0 Å². The van der Waals surface area contributed by atoms with Crippen LogP contribution in [0.3, 0.4) is 0 Å². The monoisotopic (exact) mass is 306 g/mol. The fraction of sp³-hybridized carbons (Fsp3) is 0.688. The molecule has 0 radical (unpaired) electrons. The van der Waals surface area contributed by atoms with E-state index in [1.807, 2.05) is 0 Å². The van der Waals surface area contributed by atoms with Crippen molar-refractivity contribution in [3.63, 3.8) is 0 Å². The van der Waals surface area contributed by atoms with E-state index in [1.54, 1.807) is 11.3 Å². The number of nitrogens with zero attached hydrogens (tertiary/aromatic N) is 3. The Morgan fingerprint density at radius 3 is 2.90 bits per heavy atom. The van der Waals surface area contributed by atoms with E-state index in [2.05, 4.69) is 34.7 Å². The second-order valence-electron chi connectivity index (χ2n) is 6.15. The summed E-state index contributed by atoms with van der Waals surface area (Å²) >= 11 is 1.71. The zero-order valence-corrected chi connectivity index (χ0v) is 13.9. The van der Waals surface area contributed by atoms with Crippen molar-refractivity contribution in [2.45, 2.75) is 52.0 Å². The number of aromatic nitrogens is 2. The zero-order valence-electron chi connectivity index (χ0n) is 13.1. The predicted molar refractivity (Wildman–Crippen MR) is 90.3 cm³/mol. The van der Waals surface area contributed by atoms with Crippen LogP contribution in [0.1, 0.15) is 45.2 Å². The summed E-state index contributed by atoms with van der Waals surface area (Å²) in [5, 5.41) is 2.11. The third-order valence-corrected chi connectivity index (χ3v) is 5.46. The molecule has 1 aliphatic rings. The number of hydrogen-bond donors (Lipinski definition) is 1. The summed E-state index contributed by atoms with van der Waals surface area (Å²) in [5.41, 5.74) is 7.51. The summed E-state index contributed by atoms with van der Waals surface area (Å²) in [7, 11) is 0. The van der Waals surface area contributed by atoms with Crippen LogP contribution in [0.15, 0.2) is 11.6 Å². The van der Waals surface area contributed by atoms with Crippen LogP contribution in [0.25, 0.3) is 4.96 Å². The topological polar surface area (TPSA) is 46.6 Å². The molecule has 1 saturated carbocycles. The molecular weight excluding hydrogens is 280 g/mol. The lowest BCUT2D eigenvalue weighted by Crippen LogP contribution is -2.34. The van der Waals surface area contributed by atoms with Gasteiger partial charge in [0.1, 0.15) is 0 Å². The number of rotatable bonds is 7. The van der Waals surface area contributed by atoms with Gasteiger partial charge in [-0.25, -0.2) is 4.98 Å². The van der Waals surface area contributed by atoms with E-state index < -0.39 is 0 Å². The molecule has 0 aromatic carbocycles. The van der Waals surface area contributed by atoms with Crippen LogP contribution in [0, 0.1) is 5.92 Å². The molecule has 0 aliphatic heterocycles.